The average molecular weight is 256 g/mol. The largest absolute Gasteiger partial charge is 0.495 e. The van der Waals surface area contributed by atoms with Crippen molar-refractivity contribution in [3.63, 3.8) is 0 Å². The monoisotopic (exact) mass is 256 g/mol. The van der Waals surface area contributed by atoms with Gasteiger partial charge in [0.25, 0.3) is 0 Å². The van der Waals surface area contributed by atoms with Crippen LogP contribution in [-0.2, 0) is 18.9 Å². The molecular formula is C14H24O4. The van der Waals surface area contributed by atoms with Crippen LogP contribution in [0.5, 0.6) is 0 Å². The first kappa shape index (κ1) is 13.8. The van der Waals surface area contributed by atoms with E-state index in [0.717, 1.165) is 44.7 Å². The van der Waals surface area contributed by atoms with E-state index in [4.69, 9.17) is 18.9 Å². The molecule has 0 aromatic rings. The molecule has 2 rings (SSSR count). The van der Waals surface area contributed by atoms with Gasteiger partial charge in [0.15, 0.2) is 6.29 Å². The topological polar surface area (TPSA) is 36.9 Å². The summed E-state index contributed by atoms with van der Waals surface area (Å²) in [5, 5.41) is 0. The fourth-order valence-electron chi connectivity index (χ4n) is 2.11. The van der Waals surface area contributed by atoms with Crippen molar-refractivity contribution >= 4 is 0 Å². The van der Waals surface area contributed by atoms with Gasteiger partial charge in [-0.25, -0.2) is 0 Å². The van der Waals surface area contributed by atoms with E-state index in [1.54, 1.807) is 0 Å². The average Bonchev–Trinajstić information content (AvgIpc) is 2.76. The molecule has 1 fully saturated rings. The Kier molecular flexibility index (Phi) is 5.47. The van der Waals surface area contributed by atoms with Crippen LogP contribution in [0.25, 0.3) is 0 Å². The van der Waals surface area contributed by atoms with Crippen molar-refractivity contribution in [2.45, 2.75) is 58.0 Å². The summed E-state index contributed by atoms with van der Waals surface area (Å²) in [4.78, 5) is 0. The second-order valence-corrected chi connectivity index (χ2v) is 4.79. The standard InChI is InChI=1S/C14H24O4/c1-3-5-7-15-11-9-13-17-10-12(18-13)14(11)16-8-6-4-2/h9,12-14H,3-8,10H2,1-2H3/t12?,13-,14+/m1/s1. The van der Waals surface area contributed by atoms with Crippen molar-refractivity contribution in [1.29, 1.82) is 0 Å². The number of fused-ring (bicyclic) bond motifs is 2. The van der Waals surface area contributed by atoms with Gasteiger partial charge in [-0.2, -0.15) is 0 Å². The van der Waals surface area contributed by atoms with Gasteiger partial charge in [0, 0.05) is 12.7 Å². The molecule has 3 atom stereocenters. The molecule has 2 bridgehead atoms. The van der Waals surface area contributed by atoms with Gasteiger partial charge in [-0.3, -0.25) is 0 Å². The van der Waals surface area contributed by atoms with Crippen LogP contribution in [0.15, 0.2) is 11.8 Å². The summed E-state index contributed by atoms with van der Waals surface area (Å²) in [7, 11) is 0. The molecule has 0 radical (unpaired) electrons. The van der Waals surface area contributed by atoms with Crippen LogP contribution >= 0.6 is 0 Å². The molecule has 0 aromatic carbocycles. The van der Waals surface area contributed by atoms with Crippen molar-refractivity contribution < 1.29 is 18.9 Å². The number of unbranched alkanes of at least 4 members (excludes halogenated alkanes) is 2. The molecule has 0 aliphatic carbocycles. The first-order valence-corrected chi connectivity index (χ1v) is 7.08. The van der Waals surface area contributed by atoms with Gasteiger partial charge in [0.05, 0.1) is 13.2 Å². The van der Waals surface area contributed by atoms with Crippen LogP contribution in [0.4, 0.5) is 0 Å². The zero-order chi connectivity index (χ0) is 12.8. The van der Waals surface area contributed by atoms with Crippen molar-refractivity contribution in [3.8, 4) is 0 Å². The number of hydrogen-bond acceptors (Lipinski definition) is 4. The third-order valence-corrected chi connectivity index (χ3v) is 3.21. The lowest BCUT2D eigenvalue weighted by Gasteiger charge is -2.28. The highest BCUT2D eigenvalue weighted by atomic mass is 16.7. The molecule has 0 N–H and O–H groups in total. The third kappa shape index (κ3) is 3.46. The Bertz CT molecular complexity index is 277. The maximum Gasteiger partial charge on any atom is 0.181 e. The molecule has 0 spiro atoms. The minimum absolute atomic E-state index is 0.00603. The van der Waals surface area contributed by atoms with Gasteiger partial charge in [0.2, 0.25) is 0 Å². The van der Waals surface area contributed by atoms with Gasteiger partial charge in [-0.1, -0.05) is 26.7 Å². The van der Waals surface area contributed by atoms with E-state index >= 15 is 0 Å². The summed E-state index contributed by atoms with van der Waals surface area (Å²) in [6, 6.07) is 0. The highest BCUT2D eigenvalue weighted by Gasteiger charge is 2.40. The molecule has 4 heteroatoms. The molecule has 18 heavy (non-hydrogen) atoms. The zero-order valence-corrected chi connectivity index (χ0v) is 11.4. The summed E-state index contributed by atoms with van der Waals surface area (Å²) >= 11 is 0. The van der Waals surface area contributed by atoms with E-state index < -0.39 is 0 Å². The smallest absolute Gasteiger partial charge is 0.181 e. The number of ether oxygens (including phenoxy) is 4. The van der Waals surface area contributed by atoms with Crippen LogP contribution in [0, 0.1) is 0 Å². The second-order valence-electron chi connectivity index (χ2n) is 4.79. The highest BCUT2D eigenvalue weighted by Crippen LogP contribution is 2.29. The summed E-state index contributed by atoms with van der Waals surface area (Å²) in [6.07, 6.45) is 5.97. The Balaban J connectivity index is 1.89. The van der Waals surface area contributed by atoms with Gasteiger partial charge in [0.1, 0.15) is 18.0 Å². The molecule has 2 heterocycles. The summed E-state index contributed by atoms with van der Waals surface area (Å²) in [6.45, 7) is 6.40. The van der Waals surface area contributed by atoms with E-state index in [9.17, 15) is 0 Å². The second kappa shape index (κ2) is 7.12. The van der Waals surface area contributed by atoms with Crippen molar-refractivity contribution in [1.82, 2.24) is 0 Å². The van der Waals surface area contributed by atoms with Gasteiger partial charge < -0.3 is 18.9 Å². The number of rotatable bonds is 8. The Hall–Kier alpha value is -0.580. The summed E-state index contributed by atoms with van der Waals surface area (Å²) in [5.74, 6) is 0.901. The lowest BCUT2D eigenvalue weighted by Crippen LogP contribution is -2.37. The van der Waals surface area contributed by atoms with E-state index in [1.807, 2.05) is 6.08 Å². The van der Waals surface area contributed by atoms with E-state index in [2.05, 4.69) is 13.8 Å². The Morgan fingerprint density at radius 3 is 2.78 bits per heavy atom. The summed E-state index contributed by atoms with van der Waals surface area (Å²) in [5.41, 5.74) is 0. The van der Waals surface area contributed by atoms with Crippen molar-refractivity contribution in [2.75, 3.05) is 19.8 Å². The van der Waals surface area contributed by atoms with Crippen molar-refractivity contribution in [3.05, 3.63) is 11.8 Å². The molecule has 0 amide bonds. The van der Waals surface area contributed by atoms with Crippen LogP contribution in [0.3, 0.4) is 0 Å². The van der Waals surface area contributed by atoms with Crippen molar-refractivity contribution in [2.24, 2.45) is 0 Å². The highest BCUT2D eigenvalue weighted by molar-refractivity contribution is 5.11. The molecule has 1 saturated heterocycles. The first-order chi connectivity index (χ1) is 8.85. The zero-order valence-electron chi connectivity index (χ0n) is 11.4. The van der Waals surface area contributed by atoms with Crippen LogP contribution in [-0.4, -0.2) is 38.3 Å². The van der Waals surface area contributed by atoms with Crippen LogP contribution < -0.4 is 0 Å². The van der Waals surface area contributed by atoms with E-state index in [1.165, 1.54) is 0 Å². The molecular weight excluding hydrogens is 232 g/mol. The molecule has 4 nitrogen and oxygen atoms in total. The molecule has 2 aliphatic heterocycles. The number of hydrogen-bond donors (Lipinski definition) is 0. The third-order valence-electron chi connectivity index (χ3n) is 3.21. The van der Waals surface area contributed by atoms with Gasteiger partial charge >= 0.3 is 0 Å². The SMILES string of the molecule is CCCCOC1=C[C@@H]2OCC(O2)[C@H]1OCCCC. The molecule has 2 aliphatic rings. The lowest BCUT2D eigenvalue weighted by atomic mass is 10.1. The Labute approximate surface area is 109 Å². The maximum absolute atomic E-state index is 5.90. The minimum Gasteiger partial charge on any atom is -0.495 e. The van der Waals surface area contributed by atoms with E-state index in [-0.39, 0.29) is 18.5 Å². The first-order valence-electron chi connectivity index (χ1n) is 7.08. The predicted molar refractivity (Wildman–Crippen MR) is 68.2 cm³/mol. The summed E-state index contributed by atoms with van der Waals surface area (Å²) < 4.78 is 22.9. The normalized spacial score (nSPS) is 30.3. The predicted octanol–water partition coefficient (Wildman–Crippen LogP) is 2.63. The Morgan fingerprint density at radius 2 is 2.00 bits per heavy atom. The van der Waals surface area contributed by atoms with Gasteiger partial charge in [-0.05, 0) is 12.8 Å². The Morgan fingerprint density at radius 1 is 1.22 bits per heavy atom. The maximum atomic E-state index is 5.90. The quantitative estimate of drug-likeness (QED) is 0.626. The minimum atomic E-state index is -0.238. The molecule has 1 unspecified atom stereocenters. The fraction of sp³-hybridized carbons (Fsp3) is 0.857. The lowest BCUT2D eigenvalue weighted by molar-refractivity contribution is -0.0971. The van der Waals surface area contributed by atoms with E-state index in [0.29, 0.717) is 6.61 Å². The fourth-order valence-corrected chi connectivity index (χ4v) is 2.11. The molecule has 0 saturated carbocycles. The van der Waals surface area contributed by atoms with Crippen LogP contribution in [0.2, 0.25) is 0 Å². The van der Waals surface area contributed by atoms with Gasteiger partial charge in [-0.15, -0.1) is 0 Å². The molecule has 104 valence electrons. The molecule has 0 aromatic heterocycles. The van der Waals surface area contributed by atoms with Crippen LogP contribution in [0.1, 0.15) is 39.5 Å².